The Morgan fingerprint density at radius 3 is 3.06 bits per heavy atom. The third-order valence-electron chi connectivity index (χ3n) is 3.38. The van der Waals surface area contributed by atoms with Crippen LogP contribution in [0.4, 0.5) is 0 Å². The highest BCUT2D eigenvalue weighted by atomic mass is 32.1. The van der Waals surface area contributed by atoms with E-state index in [-0.39, 0.29) is 0 Å². The van der Waals surface area contributed by atoms with E-state index in [0.717, 1.165) is 41.4 Å². The molecule has 0 radical (unpaired) electrons. The number of rotatable bonds is 4. The third-order valence-corrected chi connectivity index (χ3v) is 4.34. The zero-order chi connectivity index (χ0) is 12.5. The molecule has 0 aromatic carbocycles. The van der Waals surface area contributed by atoms with Crippen LogP contribution in [0.1, 0.15) is 17.7 Å². The first-order valence-corrected chi connectivity index (χ1v) is 7.10. The van der Waals surface area contributed by atoms with Gasteiger partial charge in [-0.3, -0.25) is 0 Å². The normalized spacial score (nSPS) is 23.0. The molecule has 1 aliphatic rings. The van der Waals surface area contributed by atoms with Crippen LogP contribution in [0.3, 0.4) is 0 Å². The molecule has 0 spiro atoms. The van der Waals surface area contributed by atoms with Crippen molar-refractivity contribution >= 4 is 21.6 Å². The molecule has 1 N–H and O–H groups in total. The summed E-state index contributed by atoms with van der Waals surface area (Å²) in [7, 11) is 2.00. The summed E-state index contributed by atoms with van der Waals surface area (Å²) in [5, 5.41) is 4.26. The van der Waals surface area contributed by atoms with Gasteiger partial charge in [0.25, 0.3) is 0 Å². The molecule has 96 valence electrons. The predicted octanol–water partition coefficient (Wildman–Crippen LogP) is 2.38. The molecule has 0 saturated heterocycles. The molecular formula is C13H17N3OS. The molecule has 18 heavy (non-hydrogen) atoms. The smallest absolute Gasteiger partial charge is 0.225 e. The van der Waals surface area contributed by atoms with Crippen LogP contribution in [0.2, 0.25) is 0 Å². The van der Waals surface area contributed by atoms with E-state index in [2.05, 4.69) is 28.3 Å². The molecule has 0 bridgehead atoms. The first-order chi connectivity index (χ1) is 8.76. The van der Waals surface area contributed by atoms with E-state index in [4.69, 9.17) is 4.74 Å². The van der Waals surface area contributed by atoms with Gasteiger partial charge in [0.15, 0.2) is 0 Å². The Hall–Kier alpha value is -1.20. The Morgan fingerprint density at radius 1 is 1.44 bits per heavy atom. The molecule has 1 aliphatic carbocycles. The summed E-state index contributed by atoms with van der Waals surface area (Å²) in [4.78, 5) is 10.8. The number of ether oxygens (including phenoxy) is 1. The van der Waals surface area contributed by atoms with Gasteiger partial charge in [-0.25, -0.2) is 9.97 Å². The van der Waals surface area contributed by atoms with Crippen molar-refractivity contribution in [1.29, 1.82) is 0 Å². The van der Waals surface area contributed by atoms with Gasteiger partial charge in [0.1, 0.15) is 17.3 Å². The summed E-state index contributed by atoms with van der Waals surface area (Å²) in [6.45, 7) is 3.17. The molecule has 2 aromatic heterocycles. The van der Waals surface area contributed by atoms with Crippen LogP contribution >= 0.6 is 11.3 Å². The van der Waals surface area contributed by atoms with Gasteiger partial charge in [0.2, 0.25) is 5.88 Å². The van der Waals surface area contributed by atoms with Gasteiger partial charge in [-0.15, -0.1) is 11.3 Å². The number of thiophene rings is 1. The third kappa shape index (κ3) is 2.20. The molecule has 1 fully saturated rings. The molecule has 2 heterocycles. The fraction of sp³-hybridized carbons (Fsp3) is 0.538. The monoisotopic (exact) mass is 263 g/mol. The van der Waals surface area contributed by atoms with Crippen LogP contribution in [0.15, 0.2) is 12.4 Å². The fourth-order valence-electron chi connectivity index (χ4n) is 2.43. The molecule has 1 saturated carbocycles. The van der Waals surface area contributed by atoms with Crippen LogP contribution in [0, 0.1) is 12.8 Å². The molecule has 0 atom stereocenters. The second-order valence-corrected chi connectivity index (χ2v) is 6.12. The zero-order valence-electron chi connectivity index (χ0n) is 10.6. The number of hydrogen-bond acceptors (Lipinski definition) is 5. The largest absolute Gasteiger partial charge is 0.474 e. The molecule has 2 aromatic rings. The Labute approximate surface area is 110 Å². The summed E-state index contributed by atoms with van der Waals surface area (Å²) in [6, 6.07) is 2.11. The van der Waals surface area contributed by atoms with Crippen molar-refractivity contribution in [3.8, 4) is 5.88 Å². The van der Waals surface area contributed by atoms with Crippen LogP contribution in [0.25, 0.3) is 10.2 Å². The van der Waals surface area contributed by atoms with Crippen LogP contribution in [-0.4, -0.2) is 29.7 Å². The summed E-state index contributed by atoms with van der Waals surface area (Å²) in [5.74, 6) is 1.50. The molecule has 0 amide bonds. The summed E-state index contributed by atoms with van der Waals surface area (Å²) in [6.07, 6.45) is 4.16. The van der Waals surface area contributed by atoms with Crippen LogP contribution in [-0.2, 0) is 0 Å². The lowest BCUT2D eigenvalue weighted by Gasteiger charge is -2.34. The van der Waals surface area contributed by atoms with E-state index >= 15 is 0 Å². The number of nitrogens with zero attached hydrogens (tertiary/aromatic N) is 2. The van der Waals surface area contributed by atoms with Gasteiger partial charge < -0.3 is 10.1 Å². The number of nitrogens with one attached hydrogen (secondary N) is 1. The quantitative estimate of drug-likeness (QED) is 0.920. The minimum atomic E-state index is 0.321. The second-order valence-electron chi connectivity index (χ2n) is 4.89. The maximum absolute atomic E-state index is 5.98. The van der Waals surface area contributed by atoms with E-state index in [1.807, 2.05) is 7.05 Å². The second kappa shape index (κ2) is 4.82. The molecule has 5 heteroatoms. The van der Waals surface area contributed by atoms with E-state index in [0.29, 0.717) is 6.10 Å². The molecule has 0 unspecified atom stereocenters. The van der Waals surface area contributed by atoms with Crippen molar-refractivity contribution in [2.75, 3.05) is 13.6 Å². The van der Waals surface area contributed by atoms with Gasteiger partial charge >= 0.3 is 0 Å². The predicted molar refractivity (Wildman–Crippen MR) is 73.2 cm³/mol. The van der Waals surface area contributed by atoms with Gasteiger partial charge in [0, 0.05) is 4.88 Å². The van der Waals surface area contributed by atoms with Crippen molar-refractivity contribution in [3.63, 3.8) is 0 Å². The number of aryl methyl sites for hydroxylation is 1. The lowest BCUT2D eigenvalue weighted by atomic mass is 9.82. The maximum Gasteiger partial charge on any atom is 0.225 e. The summed E-state index contributed by atoms with van der Waals surface area (Å²) >= 11 is 1.69. The Kier molecular flexibility index (Phi) is 3.18. The topological polar surface area (TPSA) is 47.0 Å². The van der Waals surface area contributed by atoms with Crippen LogP contribution < -0.4 is 10.1 Å². The van der Waals surface area contributed by atoms with Crippen molar-refractivity contribution in [1.82, 2.24) is 15.3 Å². The van der Waals surface area contributed by atoms with Crippen molar-refractivity contribution < 1.29 is 4.74 Å². The molecular weight excluding hydrogens is 246 g/mol. The number of hydrogen-bond donors (Lipinski definition) is 1. The minimum Gasteiger partial charge on any atom is -0.474 e. The maximum atomic E-state index is 5.98. The molecule has 3 rings (SSSR count). The van der Waals surface area contributed by atoms with E-state index in [1.54, 1.807) is 17.7 Å². The summed E-state index contributed by atoms with van der Waals surface area (Å²) in [5.41, 5.74) is 0. The Balaban J connectivity index is 1.72. The standard InChI is InChI=1S/C13H17N3OS/c1-8-3-11-12(15-7-16-13(11)18-8)17-10-4-9(5-10)6-14-2/h3,7,9-10,14H,4-6H2,1-2H3. The Morgan fingerprint density at radius 2 is 2.28 bits per heavy atom. The number of fused-ring (bicyclic) bond motifs is 1. The highest BCUT2D eigenvalue weighted by molar-refractivity contribution is 7.18. The lowest BCUT2D eigenvalue weighted by molar-refractivity contribution is 0.0631. The first kappa shape index (κ1) is 11.9. The van der Waals surface area contributed by atoms with Crippen LogP contribution in [0.5, 0.6) is 5.88 Å². The average Bonchev–Trinajstić information content (AvgIpc) is 2.67. The summed E-state index contributed by atoms with van der Waals surface area (Å²) < 4.78 is 5.98. The SMILES string of the molecule is CNCC1CC(Oc2ncnc3sc(C)cc23)C1. The van der Waals surface area contributed by atoms with Crippen molar-refractivity contribution in [3.05, 3.63) is 17.3 Å². The zero-order valence-corrected chi connectivity index (χ0v) is 11.5. The minimum absolute atomic E-state index is 0.321. The van der Waals surface area contributed by atoms with Crippen molar-refractivity contribution in [2.24, 2.45) is 5.92 Å². The first-order valence-electron chi connectivity index (χ1n) is 6.28. The fourth-order valence-corrected chi connectivity index (χ4v) is 3.27. The number of aromatic nitrogens is 2. The highest BCUT2D eigenvalue weighted by Gasteiger charge is 2.30. The highest BCUT2D eigenvalue weighted by Crippen LogP contribution is 2.34. The lowest BCUT2D eigenvalue weighted by Crippen LogP contribution is -2.38. The molecule has 4 nitrogen and oxygen atoms in total. The Bertz CT molecular complexity index is 548. The van der Waals surface area contributed by atoms with E-state index in [1.165, 1.54) is 4.88 Å². The van der Waals surface area contributed by atoms with E-state index < -0.39 is 0 Å². The average molecular weight is 263 g/mol. The van der Waals surface area contributed by atoms with Gasteiger partial charge in [-0.2, -0.15) is 0 Å². The van der Waals surface area contributed by atoms with E-state index in [9.17, 15) is 0 Å². The van der Waals surface area contributed by atoms with Gasteiger partial charge in [0.05, 0.1) is 5.39 Å². The molecule has 0 aliphatic heterocycles. The van der Waals surface area contributed by atoms with Crippen molar-refractivity contribution in [2.45, 2.75) is 25.9 Å². The van der Waals surface area contributed by atoms with Gasteiger partial charge in [-0.05, 0) is 45.3 Å². The van der Waals surface area contributed by atoms with Gasteiger partial charge in [-0.1, -0.05) is 0 Å².